The Labute approximate surface area is 127 Å². The van der Waals surface area contributed by atoms with Crippen molar-refractivity contribution < 1.29 is 14.3 Å². The van der Waals surface area contributed by atoms with E-state index in [2.05, 4.69) is 19.1 Å². The van der Waals surface area contributed by atoms with Gasteiger partial charge in [0.15, 0.2) is 0 Å². The zero-order valence-electron chi connectivity index (χ0n) is 13.6. The average Bonchev–Trinajstić information content (AvgIpc) is 2.38. The van der Waals surface area contributed by atoms with Crippen molar-refractivity contribution >= 4 is 6.16 Å². The van der Waals surface area contributed by atoms with Gasteiger partial charge in [-0.2, -0.15) is 0 Å². The van der Waals surface area contributed by atoms with Crippen LogP contribution in [-0.4, -0.2) is 11.8 Å². The molecule has 116 valence electrons. The molecule has 0 saturated heterocycles. The Balaban J connectivity index is 2.00. The molecule has 0 unspecified atom stereocenters. The van der Waals surface area contributed by atoms with Crippen molar-refractivity contribution in [1.29, 1.82) is 0 Å². The molecule has 0 N–H and O–H groups in total. The molecule has 3 heteroatoms. The number of carbonyl (C=O) groups excluding carboxylic acids is 1. The van der Waals surface area contributed by atoms with Gasteiger partial charge >= 0.3 is 6.16 Å². The fraction of sp³-hybridized carbons (Fsp3) is 0.611. The largest absolute Gasteiger partial charge is 0.514 e. The smallest absolute Gasteiger partial charge is 0.428 e. The van der Waals surface area contributed by atoms with E-state index >= 15 is 0 Å². The monoisotopic (exact) mass is 290 g/mol. The maximum absolute atomic E-state index is 11.6. The van der Waals surface area contributed by atoms with Crippen LogP contribution in [0, 0.1) is 0 Å². The van der Waals surface area contributed by atoms with E-state index in [1.807, 2.05) is 32.9 Å². The molecule has 1 aromatic rings. The molecule has 0 bridgehead atoms. The maximum Gasteiger partial charge on any atom is 0.514 e. The van der Waals surface area contributed by atoms with Gasteiger partial charge in [-0.15, -0.1) is 0 Å². The summed E-state index contributed by atoms with van der Waals surface area (Å²) in [5.41, 5.74) is 1.06. The number of carbonyl (C=O) groups is 1. The lowest BCUT2D eigenvalue weighted by Crippen LogP contribution is -2.26. The highest BCUT2D eigenvalue weighted by Gasteiger charge is 2.28. The van der Waals surface area contributed by atoms with Crippen LogP contribution in [-0.2, 0) is 10.2 Å². The highest BCUT2D eigenvalue weighted by molar-refractivity contribution is 5.64. The van der Waals surface area contributed by atoms with Gasteiger partial charge in [0.05, 0.1) is 0 Å². The van der Waals surface area contributed by atoms with Crippen LogP contribution in [0.5, 0.6) is 5.75 Å². The van der Waals surface area contributed by atoms with Crippen molar-refractivity contribution in [3.05, 3.63) is 29.8 Å². The molecule has 0 radical (unpaired) electrons. The molecule has 0 aromatic heterocycles. The predicted octanol–water partition coefficient (Wildman–Crippen LogP) is 5.22. The molecule has 3 nitrogen and oxygen atoms in total. The molecule has 21 heavy (non-hydrogen) atoms. The van der Waals surface area contributed by atoms with E-state index in [9.17, 15) is 4.79 Å². The Morgan fingerprint density at radius 2 is 1.62 bits per heavy atom. The summed E-state index contributed by atoms with van der Waals surface area (Å²) in [6.45, 7) is 7.79. The molecule has 0 atom stereocenters. The van der Waals surface area contributed by atoms with Gasteiger partial charge < -0.3 is 9.47 Å². The summed E-state index contributed by atoms with van der Waals surface area (Å²) < 4.78 is 10.4. The van der Waals surface area contributed by atoms with E-state index < -0.39 is 11.8 Å². The van der Waals surface area contributed by atoms with Crippen molar-refractivity contribution in [2.24, 2.45) is 0 Å². The lowest BCUT2D eigenvalue weighted by atomic mass is 9.71. The van der Waals surface area contributed by atoms with E-state index in [0.29, 0.717) is 5.75 Å². The number of rotatable bonds is 2. The molecule has 1 aliphatic rings. The molecular formula is C18H26O3. The first kappa shape index (κ1) is 15.9. The van der Waals surface area contributed by atoms with Crippen molar-refractivity contribution in [1.82, 2.24) is 0 Å². The molecule has 0 spiro atoms. The molecule has 2 rings (SSSR count). The van der Waals surface area contributed by atoms with Gasteiger partial charge in [0, 0.05) is 0 Å². The van der Waals surface area contributed by atoms with Crippen LogP contribution in [0.2, 0.25) is 0 Å². The fourth-order valence-electron chi connectivity index (χ4n) is 2.91. The predicted molar refractivity (Wildman–Crippen MR) is 83.7 cm³/mol. The molecule has 1 fully saturated rings. The Kier molecular flexibility index (Phi) is 4.60. The standard InChI is InChI=1S/C18H26O3/c1-17(2,3)21-16(19)20-15-10-8-14(9-11-15)18(4)12-6-5-7-13-18/h8-11H,5-7,12-13H2,1-4H3. The molecule has 1 aliphatic carbocycles. The highest BCUT2D eigenvalue weighted by Crippen LogP contribution is 2.39. The van der Waals surface area contributed by atoms with Gasteiger partial charge in [0.25, 0.3) is 0 Å². The summed E-state index contributed by atoms with van der Waals surface area (Å²) in [5.74, 6) is 0.535. The summed E-state index contributed by atoms with van der Waals surface area (Å²) >= 11 is 0. The summed E-state index contributed by atoms with van der Waals surface area (Å²) in [5, 5.41) is 0. The Bertz CT molecular complexity index is 476. The first-order chi connectivity index (χ1) is 9.78. The van der Waals surface area contributed by atoms with Crippen LogP contribution < -0.4 is 4.74 Å². The van der Waals surface area contributed by atoms with Crippen LogP contribution in [0.15, 0.2) is 24.3 Å². The van der Waals surface area contributed by atoms with Gasteiger partial charge in [-0.05, 0) is 56.7 Å². The van der Waals surface area contributed by atoms with Gasteiger partial charge in [-0.25, -0.2) is 4.79 Å². The zero-order chi connectivity index (χ0) is 15.5. The van der Waals surface area contributed by atoms with Gasteiger partial charge in [-0.1, -0.05) is 38.3 Å². The SMILES string of the molecule is CC(C)(C)OC(=O)Oc1ccc(C2(C)CCCCC2)cc1. The van der Waals surface area contributed by atoms with Gasteiger partial charge in [0.1, 0.15) is 11.4 Å². The minimum absolute atomic E-state index is 0.267. The molecular weight excluding hydrogens is 264 g/mol. The first-order valence-electron chi connectivity index (χ1n) is 7.80. The third-order valence-electron chi connectivity index (χ3n) is 4.10. The Morgan fingerprint density at radius 1 is 1.05 bits per heavy atom. The third-order valence-corrected chi connectivity index (χ3v) is 4.10. The van der Waals surface area contributed by atoms with E-state index in [0.717, 1.165) is 0 Å². The number of benzene rings is 1. The van der Waals surface area contributed by atoms with Crippen LogP contribution in [0.1, 0.15) is 65.4 Å². The first-order valence-corrected chi connectivity index (χ1v) is 7.80. The second-order valence-corrected chi connectivity index (χ2v) is 7.21. The average molecular weight is 290 g/mol. The summed E-state index contributed by atoms with van der Waals surface area (Å²) in [7, 11) is 0. The summed E-state index contributed by atoms with van der Waals surface area (Å²) in [4.78, 5) is 11.6. The number of hydrogen-bond donors (Lipinski definition) is 0. The zero-order valence-corrected chi connectivity index (χ0v) is 13.6. The van der Waals surface area contributed by atoms with E-state index in [4.69, 9.17) is 9.47 Å². The van der Waals surface area contributed by atoms with Crippen LogP contribution in [0.3, 0.4) is 0 Å². The van der Waals surface area contributed by atoms with Crippen LogP contribution in [0.25, 0.3) is 0 Å². The fourth-order valence-corrected chi connectivity index (χ4v) is 2.91. The Morgan fingerprint density at radius 3 is 2.14 bits per heavy atom. The minimum Gasteiger partial charge on any atom is -0.428 e. The van der Waals surface area contributed by atoms with Gasteiger partial charge in [-0.3, -0.25) is 0 Å². The lowest BCUT2D eigenvalue weighted by molar-refractivity contribution is 0.0206. The molecule has 1 aromatic carbocycles. The molecule has 1 saturated carbocycles. The van der Waals surface area contributed by atoms with E-state index in [-0.39, 0.29) is 5.41 Å². The van der Waals surface area contributed by atoms with Gasteiger partial charge in [0.2, 0.25) is 0 Å². The van der Waals surface area contributed by atoms with Crippen molar-refractivity contribution in [3.8, 4) is 5.75 Å². The Hall–Kier alpha value is -1.51. The molecule has 0 heterocycles. The number of ether oxygens (including phenoxy) is 2. The second kappa shape index (κ2) is 6.08. The maximum atomic E-state index is 11.6. The van der Waals surface area contributed by atoms with E-state index in [1.165, 1.54) is 37.7 Å². The van der Waals surface area contributed by atoms with E-state index in [1.54, 1.807) is 0 Å². The summed E-state index contributed by atoms with van der Waals surface area (Å²) in [6, 6.07) is 7.87. The summed E-state index contributed by atoms with van der Waals surface area (Å²) in [6.07, 6.45) is 5.76. The number of hydrogen-bond acceptors (Lipinski definition) is 3. The molecule has 0 aliphatic heterocycles. The lowest BCUT2D eigenvalue weighted by Gasteiger charge is -2.34. The van der Waals surface area contributed by atoms with Crippen molar-refractivity contribution in [2.75, 3.05) is 0 Å². The second-order valence-electron chi connectivity index (χ2n) is 7.21. The normalized spacial score (nSPS) is 18.1. The third kappa shape index (κ3) is 4.48. The van der Waals surface area contributed by atoms with Crippen molar-refractivity contribution in [2.45, 2.75) is 70.8 Å². The highest BCUT2D eigenvalue weighted by atomic mass is 16.7. The molecule has 0 amide bonds. The van der Waals surface area contributed by atoms with Crippen LogP contribution >= 0.6 is 0 Å². The quantitative estimate of drug-likeness (QED) is 0.553. The van der Waals surface area contributed by atoms with Crippen LogP contribution in [0.4, 0.5) is 4.79 Å². The van der Waals surface area contributed by atoms with Crippen molar-refractivity contribution in [3.63, 3.8) is 0 Å². The minimum atomic E-state index is -0.654. The topological polar surface area (TPSA) is 35.5 Å².